The lowest BCUT2D eigenvalue weighted by Crippen LogP contribution is -1.99. The van der Waals surface area contributed by atoms with Crippen molar-refractivity contribution in [3.8, 4) is 11.3 Å². The van der Waals surface area contributed by atoms with Gasteiger partial charge >= 0.3 is 0 Å². The molecule has 94 valence electrons. The molecule has 2 aromatic carbocycles. The van der Waals surface area contributed by atoms with Gasteiger partial charge in [-0.1, -0.05) is 36.4 Å². The second-order valence-electron chi connectivity index (χ2n) is 4.39. The molecule has 3 aromatic rings. The standard InChI is InChI=1S/C15H12FN3/c1-9-10(7-4-8-13(9)16)14-11-5-2-3-6-12(11)15(17)19-18-14/h2-8H,1H3,(H2,17,19). The van der Waals surface area contributed by atoms with Crippen LogP contribution in [0.4, 0.5) is 10.2 Å². The molecular formula is C15H12FN3. The van der Waals surface area contributed by atoms with Crippen LogP contribution in [0.1, 0.15) is 5.56 Å². The van der Waals surface area contributed by atoms with Gasteiger partial charge in [-0.2, -0.15) is 0 Å². The fourth-order valence-corrected chi connectivity index (χ4v) is 2.19. The maximum Gasteiger partial charge on any atom is 0.154 e. The van der Waals surface area contributed by atoms with E-state index >= 15 is 0 Å². The first-order chi connectivity index (χ1) is 9.18. The van der Waals surface area contributed by atoms with E-state index in [0.29, 0.717) is 17.1 Å². The third kappa shape index (κ3) is 1.81. The van der Waals surface area contributed by atoms with Crippen LogP contribution in [0.25, 0.3) is 22.0 Å². The highest BCUT2D eigenvalue weighted by molar-refractivity contribution is 5.99. The minimum Gasteiger partial charge on any atom is -0.382 e. The van der Waals surface area contributed by atoms with E-state index in [9.17, 15) is 4.39 Å². The van der Waals surface area contributed by atoms with Crippen LogP contribution in [-0.4, -0.2) is 10.2 Å². The van der Waals surface area contributed by atoms with Crippen molar-refractivity contribution in [1.82, 2.24) is 10.2 Å². The molecule has 0 bridgehead atoms. The quantitative estimate of drug-likeness (QED) is 0.723. The lowest BCUT2D eigenvalue weighted by Gasteiger charge is -2.09. The summed E-state index contributed by atoms with van der Waals surface area (Å²) >= 11 is 0. The first-order valence-electron chi connectivity index (χ1n) is 5.95. The number of nitrogen functional groups attached to an aromatic ring is 1. The van der Waals surface area contributed by atoms with Gasteiger partial charge in [0.15, 0.2) is 5.82 Å². The van der Waals surface area contributed by atoms with Gasteiger partial charge in [-0.15, -0.1) is 10.2 Å². The highest BCUT2D eigenvalue weighted by Crippen LogP contribution is 2.31. The molecule has 3 rings (SSSR count). The Balaban J connectivity index is 2.38. The average Bonchev–Trinajstić information content (AvgIpc) is 2.43. The molecule has 0 aliphatic heterocycles. The fraction of sp³-hybridized carbons (Fsp3) is 0.0667. The molecule has 0 fully saturated rings. The smallest absolute Gasteiger partial charge is 0.154 e. The Morgan fingerprint density at radius 3 is 2.47 bits per heavy atom. The second-order valence-corrected chi connectivity index (χ2v) is 4.39. The Kier molecular flexibility index (Phi) is 2.63. The van der Waals surface area contributed by atoms with Gasteiger partial charge in [0.25, 0.3) is 0 Å². The molecule has 19 heavy (non-hydrogen) atoms. The zero-order valence-corrected chi connectivity index (χ0v) is 10.4. The van der Waals surface area contributed by atoms with Crippen LogP contribution >= 0.6 is 0 Å². The minimum atomic E-state index is -0.250. The number of nitrogens with two attached hydrogens (primary N) is 1. The van der Waals surface area contributed by atoms with Crippen LogP contribution in [0.15, 0.2) is 42.5 Å². The first-order valence-corrected chi connectivity index (χ1v) is 5.95. The second kappa shape index (κ2) is 4.31. The molecule has 0 amide bonds. The minimum absolute atomic E-state index is 0.250. The molecule has 1 aromatic heterocycles. The van der Waals surface area contributed by atoms with Gasteiger partial charge in [0.1, 0.15) is 11.5 Å². The molecule has 1 heterocycles. The van der Waals surface area contributed by atoms with E-state index < -0.39 is 0 Å². The Labute approximate surface area is 109 Å². The highest BCUT2D eigenvalue weighted by atomic mass is 19.1. The number of benzene rings is 2. The predicted octanol–water partition coefficient (Wildman–Crippen LogP) is 3.33. The molecule has 3 nitrogen and oxygen atoms in total. The van der Waals surface area contributed by atoms with E-state index in [0.717, 1.165) is 16.3 Å². The van der Waals surface area contributed by atoms with Crippen LogP contribution < -0.4 is 5.73 Å². The maximum atomic E-state index is 13.7. The summed E-state index contributed by atoms with van der Waals surface area (Å²) in [4.78, 5) is 0. The molecule has 0 aliphatic rings. The number of fused-ring (bicyclic) bond motifs is 1. The van der Waals surface area contributed by atoms with E-state index in [1.165, 1.54) is 6.07 Å². The van der Waals surface area contributed by atoms with Crippen molar-refractivity contribution in [2.24, 2.45) is 0 Å². The summed E-state index contributed by atoms with van der Waals surface area (Å²) in [5.74, 6) is 0.133. The zero-order valence-electron chi connectivity index (χ0n) is 10.4. The van der Waals surface area contributed by atoms with Gasteiger partial charge in [-0.25, -0.2) is 4.39 Å². The third-order valence-corrected chi connectivity index (χ3v) is 3.24. The normalized spacial score (nSPS) is 10.8. The van der Waals surface area contributed by atoms with Gasteiger partial charge in [0, 0.05) is 16.3 Å². The Hall–Kier alpha value is -2.49. The van der Waals surface area contributed by atoms with Gasteiger partial charge < -0.3 is 5.73 Å². The molecule has 0 saturated carbocycles. The molecule has 2 N–H and O–H groups in total. The molecule has 4 heteroatoms. The molecular weight excluding hydrogens is 241 g/mol. The molecule has 0 spiro atoms. The summed E-state index contributed by atoms with van der Waals surface area (Å²) < 4.78 is 13.7. The van der Waals surface area contributed by atoms with E-state index in [1.54, 1.807) is 13.0 Å². The van der Waals surface area contributed by atoms with Crippen LogP contribution in [0.5, 0.6) is 0 Å². The van der Waals surface area contributed by atoms with Gasteiger partial charge in [0.2, 0.25) is 0 Å². The van der Waals surface area contributed by atoms with Crippen molar-refractivity contribution < 1.29 is 4.39 Å². The number of aromatic nitrogens is 2. The van der Waals surface area contributed by atoms with Crippen molar-refractivity contribution in [3.63, 3.8) is 0 Å². The topological polar surface area (TPSA) is 51.8 Å². The van der Waals surface area contributed by atoms with E-state index in [-0.39, 0.29) is 5.82 Å². The summed E-state index contributed by atoms with van der Waals surface area (Å²) in [6.45, 7) is 1.73. The lowest BCUT2D eigenvalue weighted by molar-refractivity contribution is 0.619. The fourth-order valence-electron chi connectivity index (χ4n) is 2.19. The van der Waals surface area contributed by atoms with Gasteiger partial charge in [-0.05, 0) is 18.6 Å². The number of hydrogen-bond donors (Lipinski definition) is 1. The third-order valence-electron chi connectivity index (χ3n) is 3.24. The number of halogens is 1. The van der Waals surface area contributed by atoms with Crippen LogP contribution in [0, 0.1) is 12.7 Å². The molecule has 0 saturated heterocycles. The molecule has 0 radical (unpaired) electrons. The van der Waals surface area contributed by atoms with Crippen molar-refractivity contribution in [3.05, 3.63) is 53.8 Å². The largest absolute Gasteiger partial charge is 0.382 e. The monoisotopic (exact) mass is 253 g/mol. The zero-order chi connectivity index (χ0) is 13.4. The Bertz CT molecular complexity index is 768. The summed E-state index contributed by atoms with van der Waals surface area (Å²) in [7, 11) is 0. The molecule has 0 unspecified atom stereocenters. The van der Waals surface area contributed by atoms with Crippen molar-refractivity contribution in [2.45, 2.75) is 6.92 Å². The van der Waals surface area contributed by atoms with E-state index in [2.05, 4.69) is 10.2 Å². The van der Waals surface area contributed by atoms with E-state index in [4.69, 9.17) is 5.73 Å². The van der Waals surface area contributed by atoms with Crippen molar-refractivity contribution in [1.29, 1.82) is 0 Å². The number of nitrogens with zero attached hydrogens (tertiary/aromatic N) is 2. The number of anilines is 1. The lowest BCUT2D eigenvalue weighted by atomic mass is 10.0. The van der Waals surface area contributed by atoms with Gasteiger partial charge in [0.05, 0.1) is 0 Å². The summed E-state index contributed by atoms with van der Waals surface area (Å²) in [5.41, 5.74) is 7.78. The first kappa shape index (κ1) is 11.6. The van der Waals surface area contributed by atoms with Crippen LogP contribution in [0.2, 0.25) is 0 Å². The number of hydrogen-bond acceptors (Lipinski definition) is 3. The SMILES string of the molecule is Cc1c(F)cccc1-c1nnc(N)c2ccccc12. The van der Waals surface area contributed by atoms with Gasteiger partial charge in [-0.3, -0.25) is 0 Å². The Morgan fingerprint density at radius 1 is 0.947 bits per heavy atom. The summed E-state index contributed by atoms with van der Waals surface area (Å²) in [5, 5.41) is 9.80. The van der Waals surface area contributed by atoms with Crippen molar-refractivity contribution >= 4 is 16.6 Å². The highest BCUT2D eigenvalue weighted by Gasteiger charge is 2.12. The predicted molar refractivity (Wildman–Crippen MR) is 74.1 cm³/mol. The van der Waals surface area contributed by atoms with E-state index in [1.807, 2.05) is 30.3 Å². The average molecular weight is 253 g/mol. The number of rotatable bonds is 1. The summed E-state index contributed by atoms with van der Waals surface area (Å²) in [6, 6.07) is 12.5. The Morgan fingerprint density at radius 2 is 1.68 bits per heavy atom. The maximum absolute atomic E-state index is 13.7. The van der Waals surface area contributed by atoms with Crippen LogP contribution in [-0.2, 0) is 0 Å². The molecule has 0 atom stereocenters. The van der Waals surface area contributed by atoms with Crippen LogP contribution in [0.3, 0.4) is 0 Å². The molecule has 0 aliphatic carbocycles. The van der Waals surface area contributed by atoms with Crippen molar-refractivity contribution in [2.75, 3.05) is 5.73 Å². The summed E-state index contributed by atoms with van der Waals surface area (Å²) in [6.07, 6.45) is 0.